The number of sulfonamides is 1. The third-order valence-electron chi connectivity index (χ3n) is 4.82. The van der Waals surface area contributed by atoms with Crippen LogP contribution in [0.5, 0.6) is 5.88 Å². The quantitative estimate of drug-likeness (QED) is 0.398. The van der Waals surface area contributed by atoms with E-state index in [1.807, 2.05) is 0 Å². The Morgan fingerprint density at radius 2 is 1.89 bits per heavy atom. The van der Waals surface area contributed by atoms with Crippen LogP contribution in [-0.4, -0.2) is 40.9 Å². The van der Waals surface area contributed by atoms with Crippen LogP contribution >= 0.6 is 11.3 Å². The van der Waals surface area contributed by atoms with Crippen molar-refractivity contribution in [1.29, 1.82) is 0 Å². The van der Waals surface area contributed by atoms with Gasteiger partial charge in [-0.2, -0.15) is 0 Å². The molecule has 0 aliphatic heterocycles. The number of fused-ring (bicyclic) bond motifs is 1. The molecule has 0 atom stereocenters. The molecule has 3 rings (SSSR count). The molecule has 188 valence electrons. The number of anilines is 2. The summed E-state index contributed by atoms with van der Waals surface area (Å²) in [7, 11) is -4.10. The van der Waals surface area contributed by atoms with Crippen molar-refractivity contribution in [2.45, 2.75) is 52.2 Å². The van der Waals surface area contributed by atoms with Crippen LogP contribution in [0.3, 0.4) is 0 Å². The van der Waals surface area contributed by atoms with Gasteiger partial charge >= 0.3 is 5.97 Å². The smallest absolute Gasteiger partial charge is 0.338 e. The molecule has 13 heteroatoms. The molecule has 35 heavy (non-hydrogen) atoms. The second kappa shape index (κ2) is 9.30. The summed E-state index contributed by atoms with van der Waals surface area (Å²) in [6.07, 6.45) is 0.0928. The number of nitrogens with zero attached hydrogens (tertiary/aromatic N) is 2. The molecule has 0 bridgehead atoms. The fraction of sp³-hybridized carbons (Fsp3) is 0.364. The van der Waals surface area contributed by atoms with Crippen molar-refractivity contribution in [2.24, 2.45) is 5.41 Å². The molecular formula is C22H26N4O7S2. The van der Waals surface area contributed by atoms with E-state index in [9.17, 15) is 27.9 Å². The molecule has 2 aromatic heterocycles. The minimum absolute atomic E-state index is 0.0307. The molecule has 11 nitrogen and oxygen atoms in total. The number of Topliss-reactive ketones (excluding diaryl/α,β-unsaturated/α-hetero) is 1. The van der Waals surface area contributed by atoms with Gasteiger partial charge in [0.25, 0.3) is 10.0 Å². The number of carbonyl (C=O) groups is 3. The van der Waals surface area contributed by atoms with Crippen molar-refractivity contribution in [3.8, 4) is 5.88 Å². The fourth-order valence-corrected chi connectivity index (χ4v) is 5.62. The number of thiazole rings is 1. The van der Waals surface area contributed by atoms with E-state index in [1.54, 1.807) is 27.7 Å². The maximum atomic E-state index is 13.0. The zero-order chi connectivity index (χ0) is 26.3. The minimum atomic E-state index is -4.10. The van der Waals surface area contributed by atoms with Gasteiger partial charge in [-0.1, -0.05) is 18.3 Å². The number of ketones is 1. The highest BCUT2D eigenvalue weighted by molar-refractivity contribution is 7.94. The first kappa shape index (κ1) is 26.2. The normalized spacial score (nSPS) is 11.9. The Kier molecular flexibility index (Phi) is 6.95. The van der Waals surface area contributed by atoms with Gasteiger partial charge in [-0.05, 0) is 45.9 Å². The highest BCUT2D eigenvalue weighted by Crippen LogP contribution is 2.35. The lowest BCUT2D eigenvalue weighted by Gasteiger charge is -2.17. The summed E-state index contributed by atoms with van der Waals surface area (Å²) < 4.78 is 29.2. The third-order valence-corrected chi connectivity index (χ3v) is 7.89. The van der Waals surface area contributed by atoms with E-state index < -0.39 is 27.3 Å². The largest absolute Gasteiger partial charge is 0.492 e. The molecule has 2 heterocycles. The number of aromatic hydroxyl groups is 1. The average Bonchev–Trinajstić information content (AvgIpc) is 3.23. The molecule has 1 amide bonds. The number of aryl methyl sites for hydroxylation is 1. The zero-order valence-corrected chi connectivity index (χ0v) is 21.7. The molecule has 0 spiro atoms. The van der Waals surface area contributed by atoms with Gasteiger partial charge in [-0.15, -0.1) is 4.73 Å². The van der Waals surface area contributed by atoms with Crippen LogP contribution in [0.15, 0.2) is 22.4 Å². The summed E-state index contributed by atoms with van der Waals surface area (Å²) in [6.45, 7) is 9.29. The van der Waals surface area contributed by atoms with E-state index in [2.05, 4.69) is 15.0 Å². The Morgan fingerprint density at radius 1 is 1.23 bits per heavy atom. The van der Waals surface area contributed by atoms with E-state index in [1.165, 1.54) is 32.0 Å². The number of aromatic nitrogens is 2. The summed E-state index contributed by atoms with van der Waals surface area (Å²) in [5.41, 5.74) is -0.531. The Bertz CT molecular complexity index is 1450. The van der Waals surface area contributed by atoms with Gasteiger partial charge in [0.05, 0.1) is 27.9 Å². The lowest BCUT2D eigenvalue weighted by molar-refractivity contribution is -0.153. The number of nitrogens with one attached hydrogen (secondary N) is 2. The van der Waals surface area contributed by atoms with Gasteiger partial charge in [0, 0.05) is 18.7 Å². The number of carbonyl (C=O) groups excluding carboxylic acids is 3. The van der Waals surface area contributed by atoms with E-state index in [0.29, 0.717) is 5.39 Å². The van der Waals surface area contributed by atoms with Crippen molar-refractivity contribution in [2.75, 3.05) is 10.0 Å². The van der Waals surface area contributed by atoms with Crippen LogP contribution in [0.4, 0.5) is 10.8 Å². The summed E-state index contributed by atoms with van der Waals surface area (Å²) in [6, 6.07) is 4.23. The number of rotatable bonds is 7. The van der Waals surface area contributed by atoms with Crippen molar-refractivity contribution < 1.29 is 32.7 Å². The van der Waals surface area contributed by atoms with Crippen LogP contribution in [-0.2, 0) is 19.6 Å². The molecule has 0 fully saturated rings. The lowest BCUT2D eigenvalue weighted by Crippen LogP contribution is -2.31. The Labute approximate surface area is 206 Å². The third kappa shape index (κ3) is 5.30. The SMILES string of the molecule is CCC(=O)c1c(O)n(OC(=O)C(C)(C)C)c2cc(NS(=O)(=O)c3sc(NC(C)=O)nc3C)ccc12. The molecular weight excluding hydrogens is 496 g/mol. The number of amides is 1. The first-order valence-corrected chi connectivity index (χ1v) is 12.9. The Balaban J connectivity index is 2.09. The molecule has 3 aromatic rings. The minimum Gasteiger partial charge on any atom is -0.492 e. The zero-order valence-electron chi connectivity index (χ0n) is 20.0. The molecule has 0 saturated carbocycles. The standard InChI is InChI=1S/C22H26N4O7S2/c1-7-16(28)17-14-9-8-13(10-15(14)26(18(17)29)33-20(30)22(4,5)6)25-35(31,32)19-11(2)23-21(34-19)24-12(3)27/h8-10,25,29H,7H2,1-6H3,(H,23,24,27). The van der Waals surface area contributed by atoms with Crippen LogP contribution in [0, 0.1) is 12.3 Å². The van der Waals surface area contributed by atoms with Gasteiger partial charge in [0.1, 0.15) is 0 Å². The monoisotopic (exact) mass is 522 g/mol. The van der Waals surface area contributed by atoms with Crippen LogP contribution in [0.25, 0.3) is 10.9 Å². The van der Waals surface area contributed by atoms with Crippen molar-refractivity contribution >= 4 is 60.7 Å². The molecule has 0 aliphatic rings. The van der Waals surface area contributed by atoms with Gasteiger partial charge < -0.3 is 15.3 Å². The number of hydrogen-bond acceptors (Lipinski definition) is 9. The van der Waals surface area contributed by atoms with E-state index >= 15 is 0 Å². The molecule has 1 aromatic carbocycles. The molecule has 0 saturated heterocycles. The maximum absolute atomic E-state index is 13.0. The van der Waals surface area contributed by atoms with Crippen molar-refractivity contribution in [1.82, 2.24) is 9.71 Å². The number of benzene rings is 1. The van der Waals surface area contributed by atoms with Gasteiger partial charge in [-0.3, -0.25) is 14.3 Å². The van der Waals surface area contributed by atoms with E-state index in [-0.39, 0.29) is 49.9 Å². The Morgan fingerprint density at radius 3 is 2.46 bits per heavy atom. The highest BCUT2D eigenvalue weighted by atomic mass is 32.2. The predicted octanol–water partition coefficient (Wildman–Crippen LogP) is 3.47. The summed E-state index contributed by atoms with van der Waals surface area (Å²) in [5, 5.41) is 13.6. The van der Waals surface area contributed by atoms with Gasteiger partial charge in [-0.25, -0.2) is 18.2 Å². The molecule has 0 aliphatic carbocycles. The first-order valence-electron chi connectivity index (χ1n) is 10.6. The van der Waals surface area contributed by atoms with Crippen LogP contribution in [0.2, 0.25) is 0 Å². The molecule has 0 unspecified atom stereocenters. The van der Waals surface area contributed by atoms with Gasteiger partial charge in [0.2, 0.25) is 11.8 Å². The van der Waals surface area contributed by atoms with Crippen LogP contribution < -0.4 is 14.9 Å². The van der Waals surface area contributed by atoms with Crippen molar-refractivity contribution in [3.63, 3.8) is 0 Å². The second-order valence-electron chi connectivity index (χ2n) is 8.81. The van der Waals surface area contributed by atoms with Crippen molar-refractivity contribution in [3.05, 3.63) is 29.5 Å². The van der Waals surface area contributed by atoms with Gasteiger partial charge in [0.15, 0.2) is 15.1 Å². The van der Waals surface area contributed by atoms with E-state index in [4.69, 9.17) is 4.84 Å². The highest BCUT2D eigenvalue weighted by Gasteiger charge is 2.29. The topological polar surface area (TPSA) is 157 Å². The predicted molar refractivity (Wildman–Crippen MR) is 131 cm³/mol. The second-order valence-corrected chi connectivity index (χ2v) is 11.7. The van der Waals surface area contributed by atoms with Crippen LogP contribution in [0.1, 0.15) is 57.1 Å². The fourth-order valence-electron chi connectivity index (χ4n) is 3.11. The summed E-state index contributed by atoms with van der Waals surface area (Å²) in [4.78, 5) is 45.7. The Hall–Kier alpha value is -3.45. The summed E-state index contributed by atoms with van der Waals surface area (Å²) >= 11 is 0.793. The molecule has 0 radical (unpaired) electrons. The molecule has 3 N–H and O–H groups in total. The lowest BCUT2D eigenvalue weighted by atomic mass is 9.98. The summed E-state index contributed by atoms with van der Waals surface area (Å²) in [5.74, 6) is -1.99. The van der Waals surface area contributed by atoms with E-state index in [0.717, 1.165) is 16.1 Å². The number of hydrogen-bond donors (Lipinski definition) is 3. The average molecular weight is 523 g/mol. The maximum Gasteiger partial charge on any atom is 0.338 e. The first-order chi connectivity index (χ1) is 16.2.